The number of amides is 1. The molecule has 1 amide bonds. The Morgan fingerprint density at radius 2 is 1.53 bits per heavy atom. The Morgan fingerprint density at radius 1 is 0.944 bits per heavy atom. The second kappa shape index (κ2) is 10.0. The van der Waals surface area contributed by atoms with E-state index in [9.17, 15) is 18.0 Å². The van der Waals surface area contributed by atoms with Crippen LogP contribution in [0.25, 0.3) is 5.69 Å². The first-order chi connectivity index (χ1) is 17.0. The second-order valence-corrected chi connectivity index (χ2v) is 11.3. The van der Waals surface area contributed by atoms with E-state index < -0.39 is 10.0 Å². The lowest BCUT2D eigenvalue weighted by Gasteiger charge is -2.34. The normalized spacial score (nSPS) is 15.2. The van der Waals surface area contributed by atoms with Crippen molar-refractivity contribution in [2.24, 2.45) is 7.05 Å². The number of nitrogens with zero attached hydrogens (tertiary/aromatic N) is 4. The summed E-state index contributed by atoms with van der Waals surface area (Å²) in [5, 5.41) is 2.78. The number of hydrogen-bond acceptors (Lipinski definition) is 5. The molecule has 36 heavy (non-hydrogen) atoms. The molecule has 1 N–H and O–H groups in total. The van der Waals surface area contributed by atoms with Gasteiger partial charge in [0.05, 0.1) is 22.8 Å². The van der Waals surface area contributed by atoms with Crippen LogP contribution < -0.4 is 10.9 Å². The monoisotopic (exact) mass is 511 g/mol. The first-order valence-corrected chi connectivity index (χ1v) is 13.4. The Kier molecular flexibility index (Phi) is 7.21. The summed E-state index contributed by atoms with van der Waals surface area (Å²) in [7, 11) is -1.85. The third-order valence-electron chi connectivity index (χ3n) is 6.72. The van der Waals surface area contributed by atoms with Crippen LogP contribution in [-0.4, -0.2) is 65.6 Å². The van der Waals surface area contributed by atoms with E-state index in [-0.39, 0.29) is 23.7 Å². The predicted molar refractivity (Wildman–Crippen MR) is 140 cm³/mol. The van der Waals surface area contributed by atoms with Crippen molar-refractivity contribution < 1.29 is 13.2 Å². The zero-order chi connectivity index (χ0) is 26.2. The predicted octanol–water partition coefficient (Wildman–Crippen LogP) is 2.35. The van der Waals surface area contributed by atoms with Crippen LogP contribution in [0.4, 0.5) is 5.69 Å². The van der Waals surface area contributed by atoms with Gasteiger partial charge in [-0.25, -0.2) is 13.1 Å². The smallest absolute Gasteiger partial charge is 0.295 e. The van der Waals surface area contributed by atoms with Gasteiger partial charge in [0.2, 0.25) is 15.9 Å². The van der Waals surface area contributed by atoms with Crippen molar-refractivity contribution in [3.8, 4) is 5.69 Å². The number of hydrogen-bond donors (Lipinski definition) is 1. The van der Waals surface area contributed by atoms with Crippen LogP contribution in [0.2, 0.25) is 0 Å². The summed E-state index contributed by atoms with van der Waals surface area (Å²) in [6, 6.07) is 13.0. The molecule has 10 heteroatoms. The summed E-state index contributed by atoms with van der Waals surface area (Å²) < 4.78 is 31.4. The second-order valence-electron chi connectivity index (χ2n) is 9.39. The van der Waals surface area contributed by atoms with E-state index >= 15 is 0 Å². The molecule has 1 saturated heterocycles. The Balaban J connectivity index is 1.42. The Labute approximate surface area is 212 Å². The maximum absolute atomic E-state index is 13.3. The van der Waals surface area contributed by atoms with E-state index in [1.807, 2.05) is 68.1 Å². The summed E-state index contributed by atoms with van der Waals surface area (Å²) in [5.41, 5.74) is 3.83. The third-order valence-corrected chi connectivity index (χ3v) is 8.92. The van der Waals surface area contributed by atoms with Gasteiger partial charge in [0, 0.05) is 33.2 Å². The molecule has 1 aliphatic rings. The summed E-state index contributed by atoms with van der Waals surface area (Å²) in [5.74, 6) is -0.303. The van der Waals surface area contributed by atoms with Crippen molar-refractivity contribution in [2.75, 3.05) is 38.0 Å². The fourth-order valence-corrected chi connectivity index (χ4v) is 6.76. The molecular weight excluding hydrogens is 478 g/mol. The standard InChI is InChI=1S/C26H33N5O4S/c1-18-15-19(2)25(20(3)16-18)36(34,35)30-13-11-29(12-14-30)17-23(32)27-24-21(4)28(5)31(26(24)33)22-9-7-6-8-10-22/h6-10,15-16H,11-14,17H2,1-5H3,(H,27,32). The van der Waals surface area contributed by atoms with Crippen molar-refractivity contribution in [3.05, 3.63) is 75.2 Å². The minimum absolute atomic E-state index is 0.0790. The van der Waals surface area contributed by atoms with Gasteiger partial charge in [0.15, 0.2) is 0 Å². The minimum atomic E-state index is -3.62. The third kappa shape index (κ3) is 4.88. The number of nitrogens with one attached hydrogen (secondary N) is 1. The number of carbonyl (C=O) groups is 1. The van der Waals surface area contributed by atoms with Crippen molar-refractivity contribution >= 4 is 21.6 Å². The van der Waals surface area contributed by atoms with E-state index in [1.54, 1.807) is 18.7 Å². The summed E-state index contributed by atoms with van der Waals surface area (Å²) >= 11 is 0. The van der Waals surface area contributed by atoms with Crippen LogP contribution >= 0.6 is 0 Å². The van der Waals surface area contributed by atoms with Gasteiger partial charge in [-0.3, -0.25) is 19.2 Å². The molecule has 0 unspecified atom stereocenters. The van der Waals surface area contributed by atoms with Crippen LogP contribution in [-0.2, 0) is 21.9 Å². The van der Waals surface area contributed by atoms with Crippen LogP contribution in [0, 0.1) is 27.7 Å². The lowest BCUT2D eigenvalue weighted by molar-refractivity contribution is -0.117. The molecule has 0 spiro atoms. The summed E-state index contributed by atoms with van der Waals surface area (Å²) in [6.07, 6.45) is 0. The quantitative estimate of drug-likeness (QED) is 0.548. The average molecular weight is 512 g/mol. The SMILES string of the molecule is Cc1cc(C)c(S(=O)(=O)N2CCN(CC(=O)Nc3c(C)n(C)n(-c4ccccc4)c3=O)CC2)c(C)c1. The molecule has 2 aromatic carbocycles. The highest BCUT2D eigenvalue weighted by Crippen LogP contribution is 2.26. The zero-order valence-corrected chi connectivity index (χ0v) is 22.2. The lowest BCUT2D eigenvalue weighted by Crippen LogP contribution is -2.50. The molecule has 0 bridgehead atoms. The summed E-state index contributed by atoms with van der Waals surface area (Å²) in [6.45, 7) is 8.92. The first kappa shape index (κ1) is 25.9. The maximum atomic E-state index is 13.3. The van der Waals surface area contributed by atoms with E-state index in [1.165, 1.54) is 8.99 Å². The fourth-order valence-electron chi connectivity index (χ4n) is 4.93. The van der Waals surface area contributed by atoms with Gasteiger partial charge in [0.25, 0.3) is 5.56 Å². The number of piperazine rings is 1. The van der Waals surface area contributed by atoms with Gasteiger partial charge < -0.3 is 5.32 Å². The Morgan fingerprint density at radius 3 is 2.11 bits per heavy atom. The van der Waals surface area contributed by atoms with Gasteiger partial charge in [0.1, 0.15) is 5.69 Å². The highest BCUT2D eigenvalue weighted by molar-refractivity contribution is 7.89. The van der Waals surface area contributed by atoms with Gasteiger partial charge in [-0.2, -0.15) is 4.31 Å². The van der Waals surface area contributed by atoms with Crippen molar-refractivity contribution in [1.29, 1.82) is 0 Å². The number of sulfonamides is 1. The van der Waals surface area contributed by atoms with Crippen LogP contribution in [0.5, 0.6) is 0 Å². The highest BCUT2D eigenvalue weighted by atomic mass is 32.2. The number of carbonyl (C=O) groups excluding carboxylic acids is 1. The van der Waals surface area contributed by atoms with Crippen LogP contribution in [0.3, 0.4) is 0 Å². The molecule has 9 nitrogen and oxygen atoms in total. The Hall–Kier alpha value is -3.21. The van der Waals surface area contributed by atoms with Gasteiger partial charge in [-0.1, -0.05) is 35.9 Å². The molecule has 1 fully saturated rings. The molecule has 0 radical (unpaired) electrons. The molecule has 3 aromatic rings. The zero-order valence-electron chi connectivity index (χ0n) is 21.4. The highest BCUT2D eigenvalue weighted by Gasteiger charge is 2.31. The number of para-hydroxylation sites is 1. The van der Waals surface area contributed by atoms with E-state index in [2.05, 4.69) is 5.32 Å². The molecule has 0 aliphatic carbocycles. The van der Waals surface area contributed by atoms with Gasteiger partial charge in [-0.05, 0) is 51.0 Å². The average Bonchev–Trinajstić information content (AvgIpc) is 3.02. The van der Waals surface area contributed by atoms with Crippen molar-refractivity contribution in [2.45, 2.75) is 32.6 Å². The van der Waals surface area contributed by atoms with E-state index in [0.717, 1.165) is 16.7 Å². The van der Waals surface area contributed by atoms with Crippen molar-refractivity contribution in [3.63, 3.8) is 0 Å². The van der Waals surface area contributed by atoms with Gasteiger partial charge in [-0.15, -0.1) is 0 Å². The van der Waals surface area contributed by atoms with E-state index in [4.69, 9.17) is 0 Å². The molecular formula is C26H33N5O4S. The van der Waals surface area contributed by atoms with E-state index in [0.29, 0.717) is 42.5 Å². The molecule has 4 rings (SSSR count). The summed E-state index contributed by atoms with van der Waals surface area (Å²) in [4.78, 5) is 28.1. The number of aromatic nitrogens is 2. The number of rotatable bonds is 6. The fraction of sp³-hybridized carbons (Fsp3) is 0.385. The molecule has 0 saturated carbocycles. The largest absolute Gasteiger partial charge is 0.319 e. The number of anilines is 1. The maximum Gasteiger partial charge on any atom is 0.295 e. The lowest BCUT2D eigenvalue weighted by atomic mass is 10.1. The molecule has 192 valence electrons. The van der Waals surface area contributed by atoms with Crippen LogP contribution in [0.1, 0.15) is 22.4 Å². The molecule has 0 atom stereocenters. The molecule has 2 heterocycles. The first-order valence-electron chi connectivity index (χ1n) is 11.9. The Bertz CT molecular complexity index is 1430. The molecule has 1 aliphatic heterocycles. The van der Waals surface area contributed by atoms with Gasteiger partial charge >= 0.3 is 0 Å². The number of benzene rings is 2. The van der Waals surface area contributed by atoms with Crippen molar-refractivity contribution in [1.82, 2.24) is 18.6 Å². The minimum Gasteiger partial charge on any atom is -0.319 e. The topological polar surface area (TPSA) is 96.7 Å². The molecule has 1 aromatic heterocycles. The van der Waals surface area contributed by atoms with Crippen LogP contribution in [0.15, 0.2) is 52.2 Å². The number of aryl methyl sites for hydroxylation is 3.